The molecule has 42 heavy (non-hydrogen) atoms. The minimum absolute atomic E-state index is 0.162. The Labute approximate surface area is 257 Å². The van der Waals surface area contributed by atoms with E-state index in [9.17, 15) is 19.2 Å². The summed E-state index contributed by atoms with van der Waals surface area (Å²) in [5.41, 5.74) is 5.30. The highest BCUT2D eigenvalue weighted by Crippen LogP contribution is 2.52. The van der Waals surface area contributed by atoms with Gasteiger partial charge >= 0.3 is 5.97 Å². The molecule has 3 aliphatic rings. The Balaban J connectivity index is 1.44. The summed E-state index contributed by atoms with van der Waals surface area (Å²) < 4.78 is 7.04. The number of rotatable bonds is 7. The number of esters is 1. The number of benzene rings is 2. The van der Waals surface area contributed by atoms with E-state index >= 15 is 0 Å². The molecule has 0 bridgehead atoms. The van der Waals surface area contributed by atoms with Gasteiger partial charge in [0.1, 0.15) is 16.1 Å². The van der Waals surface area contributed by atoms with Gasteiger partial charge < -0.3 is 9.64 Å². The summed E-state index contributed by atoms with van der Waals surface area (Å²) in [6.45, 7) is 3.48. The summed E-state index contributed by atoms with van der Waals surface area (Å²) in [5, 5.41) is -0.388. The molecular weight excluding hydrogens is 591 g/mol. The molecule has 0 radical (unpaired) electrons. The number of carbonyl (C=O) groups is 3. The van der Waals surface area contributed by atoms with E-state index in [1.54, 1.807) is 13.8 Å². The third-order valence-electron chi connectivity index (χ3n) is 8.08. The lowest BCUT2D eigenvalue weighted by Crippen LogP contribution is -2.36. The van der Waals surface area contributed by atoms with Crippen LogP contribution >= 0.6 is 35.7 Å². The lowest BCUT2D eigenvalue weighted by atomic mass is 9.96. The summed E-state index contributed by atoms with van der Waals surface area (Å²) in [6, 6.07) is 15.3. The van der Waals surface area contributed by atoms with E-state index in [-0.39, 0.29) is 29.8 Å². The van der Waals surface area contributed by atoms with E-state index in [4.69, 9.17) is 4.74 Å². The first-order valence-electron chi connectivity index (χ1n) is 14.1. The highest BCUT2D eigenvalue weighted by Gasteiger charge is 2.42. The number of thiol groups is 1. The molecule has 2 unspecified atom stereocenters. The fourth-order valence-electron chi connectivity index (χ4n) is 6.18. The van der Waals surface area contributed by atoms with Crippen LogP contribution in [0.5, 0.6) is 0 Å². The van der Waals surface area contributed by atoms with Gasteiger partial charge in [0.15, 0.2) is 0 Å². The zero-order valence-corrected chi connectivity index (χ0v) is 25.9. The maximum absolute atomic E-state index is 13.6. The number of hydrogen-bond donors (Lipinski definition) is 1. The number of thioether (sulfide) groups is 1. The van der Waals surface area contributed by atoms with Gasteiger partial charge in [-0.05, 0) is 85.5 Å². The number of fused-ring (bicyclic) bond motifs is 3. The first kappa shape index (κ1) is 28.8. The van der Waals surface area contributed by atoms with Crippen molar-refractivity contribution < 1.29 is 19.1 Å². The van der Waals surface area contributed by atoms with Gasteiger partial charge in [-0.1, -0.05) is 24.6 Å². The van der Waals surface area contributed by atoms with Crippen LogP contribution in [0, 0.1) is 0 Å². The van der Waals surface area contributed by atoms with Gasteiger partial charge in [-0.3, -0.25) is 28.6 Å². The molecule has 1 saturated heterocycles. The number of thiazole rings is 1. The highest BCUT2D eigenvalue weighted by atomic mass is 32.2. The second kappa shape index (κ2) is 11.8. The van der Waals surface area contributed by atoms with Crippen LogP contribution < -0.4 is 19.7 Å². The Kier molecular flexibility index (Phi) is 8.08. The maximum Gasteiger partial charge on any atom is 0.326 e. The van der Waals surface area contributed by atoms with Crippen molar-refractivity contribution in [1.82, 2.24) is 9.47 Å². The molecule has 2 amide bonds. The molecule has 2 aromatic carbocycles. The predicted octanol–water partition coefficient (Wildman–Crippen LogP) is 4.34. The third-order valence-corrected chi connectivity index (χ3v) is 10.7. The smallest absolute Gasteiger partial charge is 0.326 e. The van der Waals surface area contributed by atoms with Crippen LogP contribution in [0.2, 0.25) is 0 Å². The zero-order valence-electron chi connectivity index (χ0n) is 23.4. The topological polar surface area (TPSA) is 88.9 Å². The third kappa shape index (κ3) is 5.01. The molecule has 0 spiro atoms. The van der Waals surface area contributed by atoms with Crippen LogP contribution in [0.1, 0.15) is 55.7 Å². The average Bonchev–Trinajstić information content (AvgIpc) is 3.72. The van der Waals surface area contributed by atoms with Gasteiger partial charge in [0.25, 0.3) is 16.7 Å². The summed E-state index contributed by atoms with van der Waals surface area (Å²) in [6.07, 6.45) is 5.22. The molecule has 1 aromatic heterocycles. The summed E-state index contributed by atoms with van der Waals surface area (Å²) in [4.78, 5) is 55.2. The van der Waals surface area contributed by atoms with Gasteiger partial charge in [0.2, 0.25) is 0 Å². The Morgan fingerprint density at radius 1 is 1.10 bits per heavy atom. The Bertz CT molecular complexity index is 1760. The fraction of sp³-hybridized carbons (Fsp3) is 0.355. The van der Waals surface area contributed by atoms with Crippen LogP contribution in [0.3, 0.4) is 0 Å². The number of ether oxygens (including phenoxy) is 1. The Morgan fingerprint density at radius 3 is 2.57 bits per heavy atom. The van der Waals surface area contributed by atoms with Crippen LogP contribution in [-0.4, -0.2) is 45.8 Å². The first-order valence-corrected chi connectivity index (χ1v) is 16.4. The van der Waals surface area contributed by atoms with Crippen LogP contribution in [0.25, 0.3) is 11.0 Å². The Morgan fingerprint density at radius 2 is 1.88 bits per heavy atom. The molecule has 3 heterocycles. The number of nitrogens with zero attached hydrogens (tertiary/aromatic N) is 3. The zero-order chi connectivity index (χ0) is 29.5. The molecule has 218 valence electrons. The predicted molar refractivity (Wildman–Crippen MR) is 170 cm³/mol. The van der Waals surface area contributed by atoms with Gasteiger partial charge in [-0.15, -0.1) is 11.3 Å². The van der Waals surface area contributed by atoms with Crippen LogP contribution in [0.15, 0.2) is 47.3 Å². The summed E-state index contributed by atoms with van der Waals surface area (Å²) >= 11 is 6.32. The summed E-state index contributed by atoms with van der Waals surface area (Å²) in [5.74, 6) is 0.0802. The number of carbonyl (C=O) groups excluding carboxylic acids is 3. The fourth-order valence-corrected chi connectivity index (χ4v) is 8.57. The van der Waals surface area contributed by atoms with Gasteiger partial charge in [0.05, 0.1) is 11.1 Å². The number of anilines is 2. The van der Waals surface area contributed by atoms with Crippen molar-refractivity contribution >= 4 is 75.2 Å². The standard InChI is InChI=1S/C31H31N3O5S3/c1-3-32-29(37)27(42-31(32)38)30-33(16-26(35)39-4-2)28(36)25(41-30)15-19-10-13-24-22(14-19)21-6-5-7-23(21)34(24)20-11-8-18(17-40)9-12-20/h8-15,21,23,40H,3-7,16-17H2,1-2H3/b25-15+,30-27+. The van der Waals surface area contributed by atoms with Gasteiger partial charge in [-0.2, -0.15) is 12.6 Å². The van der Waals surface area contributed by atoms with Crippen molar-refractivity contribution in [3.8, 4) is 0 Å². The average molecular weight is 622 g/mol. The molecule has 3 aromatic rings. The normalized spacial score (nSPS) is 21.4. The second-order valence-electron chi connectivity index (χ2n) is 10.5. The van der Waals surface area contributed by atoms with Crippen molar-refractivity contribution in [3.05, 3.63) is 78.7 Å². The van der Waals surface area contributed by atoms with E-state index in [0.29, 0.717) is 26.9 Å². The van der Waals surface area contributed by atoms with Crippen molar-refractivity contribution in [2.24, 2.45) is 0 Å². The number of hydrogen-bond acceptors (Lipinski definition) is 9. The molecule has 2 fully saturated rings. The molecule has 8 nitrogen and oxygen atoms in total. The quantitative estimate of drug-likeness (QED) is 0.310. The Hall–Kier alpha value is -3.28. The molecular formula is C31H31N3O5S3. The lowest BCUT2D eigenvalue weighted by Gasteiger charge is -2.27. The minimum Gasteiger partial charge on any atom is -0.465 e. The highest BCUT2D eigenvalue weighted by molar-refractivity contribution is 8.23. The number of amides is 2. The van der Waals surface area contributed by atoms with Crippen LogP contribution in [0.4, 0.5) is 16.2 Å². The van der Waals surface area contributed by atoms with Crippen molar-refractivity contribution in [3.63, 3.8) is 0 Å². The van der Waals surface area contributed by atoms with Crippen molar-refractivity contribution in [2.75, 3.05) is 18.1 Å². The van der Waals surface area contributed by atoms with E-state index in [1.165, 1.54) is 33.5 Å². The lowest BCUT2D eigenvalue weighted by molar-refractivity contribution is -0.143. The first-order chi connectivity index (χ1) is 20.3. The SMILES string of the molecule is CCOC(=O)Cn1c(=O)/c(=C\c2ccc3c(c2)C2CCCC2N3c2ccc(CS)cc2)s/c1=C1/SC(=O)N(CC)C1=O. The molecule has 11 heteroatoms. The molecule has 0 N–H and O–H groups in total. The molecule has 2 atom stereocenters. The van der Waals surface area contributed by atoms with Gasteiger partial charge in [0, 0.05) is 35.6 Å². The number of imide groups is 1. The van der Waals surface area contributed by atoms with Crippen molar-refractivity contribution in [2.45, 2.75) is 57.4 Å². The number of aromatic nitrogens is 1. The summed E-state index contributed by atoms with van der Waals surface area (Å²) in [7, 11) is 0. The molecule has 2 aliphatic heterocycles. The maximum atomic E-state index is 13.6. The van der Waals surface area contributed by atoms with E-state index < -0.39 is 17.4 Å². The van der Waals surface area contributed by atoms with E-state index in [1.807, 2.05) is 12.1 Å². The largest absolute Gasteiger partial charge is 0.465 e. The molecule has 6 rings (SSSR count). The second-order valence-corrected chi connectivity index (χ2v) is 12.8. The van der Waals surface area contributed by atoms with E-state index in [0.717, 1.165) is 46.4 Å². The monoisotopic (exact) mass is 621 g/mol. The molecule has 1 saturated carbocycles. The van der Waals surface area contributed by atoms with Crippen molar-refractivity contribution in [1.29, 1.82) is 0 Å². The van der Waals surface area contributed by atoms with E-state index in [2.05, 4.69) is 53.9 Å². The van der Waals surface area contributed by atoms with Crippen LogP contribution in [-0.2, 0) is 26.6 Å². The van der Waals surface area contributed by atoms with Gasteiger partial charge in [-0.25, -0.2) is 0 Å². The molecule has 1 aliphatic carbocycles. The minimum atomic E-state index is -0.577.